The van der Waals surface area contributed by atoms with Crippen molar-refractivity contribution in [3.8, 4) is 0 Å². The van der Waals surface area contributed by atoms with E-state index >= 15 is 0 Å². The van der Waals surface area contributed by atoms with Crippen molar-refractivity contribution >= 4 is 6.08 Å². The van der Waals surface area contributed by atoms with Crippen LogP contribution in [0.4, 0.5) is 0 Å². The zero-order valence-electron chi connectivity index (χ0n) is 11.5. The van der Waals surface area contributed by atoms with E-state index in [1.807, 2.05) is 50.3 Å². The Balaban J connectivity index is 0.000000302. The summed E-state index contributed by atoms with van der Waals surface area (Å²) < 4.78 is 5.05. The summed E-state index contributed by atoms with van der Waals surface area (Å²) in [6, 6.07) is 10.0. The third-order valence-corrected chi connectivity index (χ3v) is 3.02. The number of benzene rings is 1. The van der Waals surface area contributed by atoms with Crippen molar-refractivity contribution in [2.45, 2.75) is 38.9 Å². The molecule has 0 spiro atoms. The SMILES string of the molecule is C=Cc1ccccc1.COC(C)(C)C(C)(C)O. The molecule has 0 bridgehead atoms. The van der Waals surface area contributed by atoms with Crippen LogP contribution in [0.1, 0.15) is 33.3 Å². The average Bonchev–Trinajstić information content (AvgIpc) is 2.29. The first-order valence-electron chi connectivity index (χ1n) is 5.69. The second-order valence-corrected chi connectivity index (χ2v) is 4.89. The Morgan fingerprint density at radius 2 is 1.59 bits per heavy atom. The normalized spacial score (nSPS) is 11.4. The zero-order valence-corrected chi connectivity index (χ0v) is 11.5. The maximum Gasteiger partial charge on any atom is 0.0902 e. The van der Waals surface area contributed by atoms with Crippen LogP contribution in [0.15, 0.2) is 36.9 Å². The molecule has 0 aliphatic carbocycles. The van der Waals surface area contributed by atoms with Gasteiger partial charge < -0.3 is 9.84 Å². The number of hydrogen-bond acceptors (Lipinski definition) is 2. The molecular weight excluding hydrogens is 212 g/mol. The Morgan fingerprint density at radius 3 is 1.76 bits per heavy atom. The Kier molecular flexibility index (Phi) is 6.14. The predicted molar refractivity (Wildman–Crippen MR) is 73.9 cm³/mol. The smallest absolute Gasteiger partial charge is 0.0902 e. The average molecular weight is 236 g/mol. The van der Waals surface area contributed by atoms with Crippen LogP contribution in [0.5, 0.6) is 0 Å². The molecular formula is C15H24O2. The highest BCUT2D eigenvalue weighted by molar-refractivity contribution is 5.45. The summed E-state index contributed by atoms with van der Waals surface area (Å²) in [5, 5.41) is 9.42. The van der Waals surface area contributed by atoms with Crippen LogP contribution in [0.25, 0.3) is 6.08 Å². The molecule has 0 atom stereocenters. The molecule has 0 fully saturated rings. The van der Waals surface area contributed by atoms with Gasteiger partial charge in [0, 0.05) is 7.11 Å². The van der Waals surface area contributed by atoms with Gasteiger partial charge in [0.15, 0.2) is 0 Å². The van der Waals surface area contributed by atoms with Crippen molar-refractivity contribution in [2.24, 2.45) is 0 Å². The molecule has 96 valence electrons. The first-order chi connectivity index (χ1) is 7.74. The highest BCUT2D eigenvalue weighted by Gasteiger charge is 2.34. The minimum atomic E-state index is -0.776. The second-order valence-electron chi connectivity index (χ2n) is 4.89. The summed E-state index contributed by atoms with van der Waals surface area (Å²) >= 11 is 0. The predicted octanol–water partition coefficient (Wildman–Crippen LogP) is 3.51. The number of methoxy groups -OCH3 is 1. The van der Waals surface area contributed by atoms with Crippen molar-refractivity contribution in [1.82, 2.24) is 0 Å². The fourth-order valence-electron chi connectivity index (χ4n) is 0.839. The quantitative estimate of drug-likeness (QED) is 0.870. The summed E-state index contributed by atoms with van der Waals surface area (Å²) in [6.45, 7) is 10.8. The van der Waals surface area contributed by atoms with Crippen molar-refractivity contribution < 1.29 is 9.84 Å². The molecule has 1 aromatic rings. The van der Waals surface area contributed by atoms with E-state index in [2.05, 4.69) is 6.58 Å². The maximum absolute atomic E-state index is 9.42. The summed E-state index contributed by atoms with van der Waals surface area (Å²) in [5.41, 5.74) is -0.0677. The van der Waals surface area contributed by atoms with Gasteiger partial charge in [0.2, 0.25) is 0 Å². The molecule has 1 N–H and O–H groups in total. The molecule has 2 nitrogen and oxygen atoms in total. The van der Waals surface area contributed by atoms with Gasteiger partial charge in [0.1, 0.15) is 0 Å². The van der Waals surface area contributed by atoms with Crippen LogP contribution < -0.4 is 0 Å². The van der Waals surface area contributed by atoms with Gasteiger partial charge in [0.05, 0.1) is 11.2 Å². The van der Waals surface area contributed by atoms with E-state index in [0.29, 0.717) is 0 Å². The molecule has 0 aliphatic heterocycles. The minimum Gasteiger partial charge on any atom is -0.387 e. The second kappa shape index (κ2) is 6.58. The maximum atomic E-state index is 9.42. The summed E-state index contributed by atoms with van der Waals surface area (Å²) in [6.07, 6.45) is 1.83. The fraction of sp³-hybridized carbons (Fsp3) is 0.467. The van der Waals surface area contributed by atoms with Gasteiger partial charge in [-0.25, -0.2) is 0 Å². The van der Waals surface area contributed by atoms with Crippen LogP contribution in [0.2, 0.25) is 0 Å². The molecule has 0 unspecified atom stereocenters. The molecule has 17 heavy (non-hydrogen) atoms. The molecule has 2 heteroatoms. The first kappa shape index (κ1) is 15.9. The lowest BCUT2D eigenvalue weighted by molar-refractivity contribution is -0.129. The molecule has 0 radical (unpaired) electrons. The van der Waals surface area contributed by atoms with Gasteiger partial charge in [-0.05, 0) is 33.3 Å². The monoisotopic (exact) mass is 236 g/mol. The van der Waals surface area contributed by atoms with E-state index < -0.39 is 11.2 Å². The topological polar surface area (TPSA) is 29.5 Å². The third kappa shape index (κ3) is 5.66. The molecule has 0 aromatic heterocycles. The summed E-state index contributed by atoms with van der Waals surface area (Å²) in [7, 11) is 1.60. The third-order valence-electron chi connectivity index (χ3n) is 3.02. The van der Waals surface area contributed by atoms with E-state index in [1.54, 1.807) is 21.0 Å². The Morgan fingerprint density at radius 1 is 1.12 bits per heavy atom. The number of hydrogen-bond donors (Lipinski definition) is 1. The van der Waals surface area contributed by atoms with Gasteiger partial charge in [-0.2, -0.15) is 0 Å². The van der Waals surface area contributed by atoms with Crippen molar-refractivity contribution in [3.63, 3.8) is 0 Å². The number of rotatable bonds is 3. The van der Waals surface area contributed by atoms with Gasteiger partial charge in [-0.1, -0.05) is 43.0 Å². The number of aliphatic hydroxyl groups is 1. The summed E-state index contributed by atoms with van der Waals surface area (Å²) in [4.78, 5) is 0. The minimum absolute atomic E-state index is 0.465. The van der Waals surface area contributed by atoms with Gasteiger partial charge in [-0.15, -0.1) is 0 Å². The molecule has 0 amide bonds. The van der Waals surface area contributed by atoms with Crippen LogP contribution in [0, 0.1) is 0 Å². The van der Waals surface area contributed by atoms with E-state index in [0.717, 1.165) is 0 Å². The lowest BCUT2D eigenvalue weighted by Crippen LogP contribution is -2.46. The first-order valence-corrected chi connectivity index (χ1v) is 5.69. The van der Waals surface area contributed by atoms with E-state index in [9.17, 15) is 5.11 Å². The molecule has 0 aliphatic rings. The van der Waals surface area contributed by atoms with Crippen LogP contribution in [-0.4, -0.2) is 23.4 Å². The molecule has 0 saturated heterocycles. The standard InChI is InChI=1S/C8H8.C7H16O2/c1-2-8-6-4-3-5-7-8;1-6(2,8)7(3,4)9-5/h2-7H,1H2;8H,1-5H3. The van der Waals surface area contributed by atoms with Gasteiger partial charge >= 0.3 is 0 Å². The Labute approximate surface area is 105 Å². The van der Waals surface area contributed by atoms with Crippen molar-refractivity contribution in [3.05, 3.63) is 42.5 Å². The van der Waals surface area contributed by atoms with E-state index in [-0.39, 0.29) is 0 Å². The van der Waals surface area contributed by atoms with Crippen LogP contribution in [-0.2, 0) is 4.74 Å². The molecule has 1 rings (SSSR count). The molecule has 0 saturated carbocycles. The highest BCUT2D eigenvalue weighted by Crippen LogP contribution is 2.23. The zero-order chi connectivity index (χ0) is 13.5. The number of ether oxygens (including phenoxy) is 1. The highest BCUT2D eigenvalue weighted by atomic mass is 16.5. The lowest BCUT2D eigenvalue weighted by Gasteiger charge is -2.35. The molecule has 1 aromatic carbocycles. The van der Waals surface area contributed by atoms with Crippen molar-refractivity contribution in [2.75, 3.05) is 7.11 Å². The molecule has 0 heterocycles. The Bertz CT molecular complexity index is 321. The fourth-order valence-corrected chi connectivity index (χ4v) is 0.839. The summed E-state index contributed by atoms with van der Waals surface area (Å²) in [5.74, 6) is 0. The van der Waals surface area contributed by atoms with Gasteiger partial charge in [-0.3, -0.25) is 0 Å². The van der Waals surface area contributed by atoms with Crippen LogP contribution >= 0.6 is 0 Å². The Hall–Kier alpha value is -1.12. The van der Waals surface area contributed by atoms with Crippen molar-refractivity contribution in [1.29, 1.82) is 0 Å². The van der Waals surface area contributed by atoms with Gasteiger partial charge in [0.25, 0.3) is 0 Å². The largest absolute Gasteiger partial charge is 0.387 e. The van der Waals surface area contributed by atoms with E-state index in [1.165, 1.54) is 5.56 Å². The lowest BCUT2D eigenvalue weighted by atomic mass is 9.90. The van der Waals surface area contributed by atoms with E-state index in [4.69, 9.17) is 4.74 Å². The van der Waals surface area contributed by atoms with Crippen LogP contribution in [0.3, 0.4) is 0 Å².